The van der Waals surface area contributed by atoms with Crippen molar-refractivity contribution >= 4 is 32.8 Å². The third kappa shape index (κ3) is 4.66. The third-order valence-corrected chi connectivity index (χ3v) is 5.05. The molecule has 2 aromatic carbocycles. The minimum absolute atomic E-state index is 0.0202. The smallest absolute Gasteiger partial charge is 0.416 e. The van der Waals surface area contributed by atoms with E-state index in [1.807, 2.05) is 0 Å². The van der Waals surface area contributed by atoms with Crippen molar-refractivity contribution in [3.05, 3.63) is 58.9 Å². The molecule has 0 saturated heterocycles. The molecule has 0 N–H and O–H groups in total. The van der Waals surface area contributed by atoms with E-state index in [1.165, 1.54) is 25.3 Å². The Morgan fingerprint density at radius 2 is 1.90 bits per heavy atom. The summed E-state index contributed by atoms with van der Waals surface area (Å²) in [7, 11) is 1.17. The second kappa shape index (κ2) is 8.82. The Morgan fingerprint density at radius 1 is 1.19 bits per heavy atom. The fourth-order valence-corrected chi connectivity index (χ4v) is 3.74. The van der Waals surface area contributed by atoms with E-state index in [1.54, 1.807) is 13.8 Å². The van der Waals surface area contributed by atoms with Crippen LogP contribution in [0.4, 0.5) is 17.6 Å². The van der Waals surface area contributed by atoms with Gasteiger partial charge < -0.3 is 9.47 Å². The van der Waals surface area contributed by atoms with Crippen LogP contribution >= 0.6 is 15.9 Å². The molecule has 0 saturated carbocycles. The molecule has 0 aliphatic rings. The Kier molecular flexibility index (Phi) is 6.54. The summed E-state index contributed by atoms with van der Waals surface area (Å²) < 4.78 is 64.7. The van der Waals surface area contributed by atoms with Gasteiger partial charge in [-0.05, 0) is 32.0 Å². The van der Waals surface area contributed by atoms with Crippen LogP contribution in [0.1, 0.15) is 35.3 Å². The van der Waals surface area contributed by atoms with Crippen molar-refractivity contribution in [2.24, 2.45) is 0 Å². The first-order chi connectivity index (χ1) is 14.6. The Bertz CT molecular complexity index is 1150. The largest absolute Gasteiger partial charge is 0.488 e. The van der Waals surface area contributed by atoms with Crippen LogP contribution in [0.2, 0.25) is 0 Å². The summed E-state index contributed by atoms with van der Waals surface area (Å²) in [6, 6.07) is 7.07. The molecule has 0 aliphatic carbocycles. The molecule has 0 radical (unpaired) electrons. The molecule has 3 rings (SSSR count). The van der Waals surface area contributed by atoms with Crippen LogP contribution in [-0.4, -0.2) is 24.2 Å². The van der Waals surface area contributed by atoms with E-state index >= 15 is 0 Å². The van der Waals surface area contributed by atoms with Gasteiger partial charge in [0, 0.05) is 27.9 Å². The highest BCUT2D eigenvalue weighted by molar-refractivity contribution is 9.08. The lowest BCUT2D eigenvalue weighted by molar-refractivity contribution is -0.137. The van der Waals surface area contributed by atoms with E-state index < -0.39 is 23.5 Å². The van der Waals surface area contributed by atoms with Gasteiger partial charge in [-0.3, -0.25) is 0 Å². The number of halogens is 5. The monoisotopic (exact) mass is 499 g/mol. The highest BCUT2D eigenvalue weighted by atomic mass is 79.9. The number of esters is 1. The number of pyridine rings is 1. The molecule has 4 nitrogen and oxygen atoms in total. The summed E-state index contributed by atoms with van der Waals surface area (Å²) in [5.74, 6) is -1.53. The van der Waals surface area contributed by atoms with E-state index in [0.29, 0.717) is 0 Å². The van der Waals surface area contributed by atoms with E-state index in [9.17, 15) is 22.4 Å². The minimum Gasteiger partial charge on any atom is -0.488 e. The van der Waals surface area contributed by atoms with E-state index in [0.717, 1.165) is 18.2 Å². The molecule has 9 heteroatoms. The van der Waals surface area contributed by atoms with Crippen LogP contribution in [0.25, 0.3) is 22.2 Å². The van der Waals surface area contributed by atoms with Gasteiger partial charge in [-0.2, -0.15) is 13.2 Å². The number of ether oxygens (including phenoxy) is 2. The van der Waals surface area contributed by atoms with Gasteiger partial charge in [-0.25, -0.2) is 14.2 Å². The molecule has 0 unspecified atom stereocenters. The molecule has 1 aromatic heterocycles. The van der Waals surface area contributed by atoms with Crippen molar-refractivity contribution in [3.8, 4) is 17.0 Å². The van der Waals surface area contributed by atoms with Crippen LogP contribution in [0, 0.1) is 5.82 Å². The van der Waals surface area contributed by atoms with Crippen molar-refractivity contribution in [1.82, 2.24) is 4.98 Å². The minimum atomic E-state index is -4.55. The van der Waals surface area contributed by atoms with Gasteiger partial charge in [-0.1, -0.05) is 28.1 Å². The quantitative estimate of drug-likeness (QED) is 0.227. The van der Waals surface area contributed by atoms with E-state index in [4.69, 9.17) is 9.47 Å². The first kappa shape index (κ1) is 23.0. The number of benzene rings is 2. The highest BCUT2D eigenvalue weighted by Gasteiger charge is 2.31. The van der Waals surface area contributed by atoms with Gasteiger partial charge in [0.05, 0.1) is 35.6 Å². The normalized spacial score (nSPS) is 11.8. The van der Waals surface area contributed by atoms with Gasteiger partial charge >= 0.3 is 12.1 Å². The number of fused-ring (bicyclic) bond motifs is 1. The average molecular weight is 500 g/mol. The average Bonchev–Trinajstić information content (AvgIpc) is 2.71. The second-order valence-electron chi connectivity index (χ2n) is 6.98. The first-order valence-electron chi connectivity index (χ1n) is 9.21. The van der Waals surface area contributed by atoms with Gasteiger partial charge in [0.15, 0.2) is 11.6 Å². The Hall–Kier alpha value is -2.68. The SMILES string of the molecule is COC(=O)c1c(CBr)c(-c2cccc(C(F)(F)F)c2)nc2cc(OC(C)C)c(F)cc12. The molecule has 0 spiro atoms. The number of methoxy groups -OCH3 is 1. The zero-order valence-electron chi connectivity index (χ0n) is 16.8. The summed E-state index contributed by atoms with van der Waals surface area (Å²) >= 11 is 3.28. The van der Waals surface area contributed by atoms with Gasteiger partial charge in [0.1, 0.15) is 0 Å². The number of rotatable bonds is 5. The fourth-order valence-electron chi connectivity index (χ4n) is 3.20. The number of carbonyl (C=O) groups is 1. The number of alkyl halides is 4. The number of hydrogen-bond donors (Lipinski definition) is 0. The van der Waals surface area contributed by atoms with Gasteiger partial charge in [-0.15, -0.1) is 0 Å². The molecule has 31 heavy (non-hydrogen) atoms. The van der Waals surface area contributed by atoms with Crippen LogP contribution in [-0.2, 0) is 16.2 Å². The maximum Gasteiger partial charge on any atom is 0.416 e. The zero-order valence-corrected chi connectivity index (χ0v) is 18.4. The first-order valence-corrected chi connectivity index (χ1v) is 10.3. The maximum absolute atomic E-state index is 14.6. The molecular weight excluding hydrogens is 482 g/mol. The lowest BCUT2D eigenvalue weighted by Gasteiger charge is -2.17. The lowest BCUT2D eigenvalue weighted by atomic mass is 9.96. The van der Waals surface area contributed by atoms with Gasteiger partial charge in [0.2, 0.25) is 0 Å². The van der Waals surface area contributed by atoms with Crippen LogP contribution < -0.4 is 4.74 Å². The molecule has 1 heterocycles. The molecule has 0 amide bonds. The predicted octanol–water partition coefficient (Wildman–Crippen LogP) is 6.53. The topological polar surface area (TPSA) is 48.4 Å². The van der Waals surface area contributed by atoms with Crippen molar-refractivity contribution in [2.45, 2.75) is 31.5 Å². The van der Waals surface area contributed by atoms with Crippen molar-refractivity contribution in [2.75, 3.05) is 7.11 Å². The summed E-state index contributed by atoms with van der Waals surface area (Å²) in [5.41, 5.74) is -0.0446. The Morgan fingerprint density at radius 3 is 2.48 bits per heavy atom. The molecule has 0 bridgehead atoms. The molecule has 3 aromatic rings. The van der Waals surface area contributed by atoms with Crippen molar-refractivity contribution < 1.29 is 31.8 Å². The van der Waals surface area contributed by atoms with E-state index in [-0.39, 0.29) is 50.5 Å². The summed E-state index contributed by atoms with van der Waals surface area (Å²) in [6.07, 6.45) is -4.87. The second-order valence-corrected chi connectivity index (χ2v) is 7.54. The number of aromatic nitrogens is 1. The summed E-state index contributed by atoms with van der Waals surface area (Å²) in [5, 5.41) is 0.253. The standard InChI is InChI=1S/C22H18BrF4NO3/c1-11(2)31-18-9-17-14(8-16(18)24)19(21(29)30-3)15(10-23)20(28-17)12-5-4-6-13(7-12)22(25,26)27/h4-9,11H,10H2,1-3H3. The molecule has 0 aliphatic heterocycles. The van der Waals surface area contributed by atoms with Gasteiger partial charge in [0.25, 0.3) is 0 Å². The zero-order chi connectivity index (χ0) is 22.9. The Labute approximate surface area is 184 Å². The van der Waals surface area contributed by atoms with Crippen molar-refractivity contribution in [1.29, 1.82) is 0 Å². The summed E-state index contributed by atoms with van der Waals surface area (Å²) in [4.78, 5) is 17.1. The molecule has 0 fully saturated rings. The number of nitrogens with zero attached hydrogens (tertiary/aromatic N) is 1. The molecular formula is C22H18BrF4NO3. The highest BCUT2D eigenvalue weighted by Crippen LogP contribution is 2.37. The van der Waals surface area contributed by atoms with Crippen LogP contribution in [0.3, 0.4) is 0 Å². The van der Waals surface area contributed by atoms with E-state index in [2.05, 4.69) is 20.9 Å². The number of hydrogen-bond acceptors (Lipinski definition) is 4. The summed E-state index contributed by atoms with van der Waals surface area (Å²) in [6.45, 7) is 3.44. The lowest BCUT2D eigenvalue weighted by Crippen LogP contribution is -2.11. The Balaban J connectivity index is 2.38. The van der Waals surface area contributed by atoms with Crippen LogP contribution in [0.5, 0.6) is 5.75 Å². The number of carbonyl (C=O) groups excluding carboxylic acids is 1. The fraction of sp³-hybridized carbons (Fsp3) is 0.273. The van der Waals surface area contributed by atoms with Crippen LogP contribution in [0.15, 0.2) is 36.4 Å². The molecule has 0 atom stereocenters. The predicted molar refractivity (Wildman–Crippen MR) is 112 cm³/mol. The maximum atomic E-state index is 14.6. The van der Waals surface area contributed by atoms with Crippen molar-refractivity contribution in [3.63, 3.8) is 0 Å². The third-order valence-electron chi connectivity index (χ3n) is 4.49. The molecule has 164 valence electrons.